The van der Waals surface area contributed by atoms with Crippen molar-refractivity contribution in [1.29, 1.82) is 0 Å². The lowest BCUT2D eigenvalue weighted by atomic mass is 10.1. The van der Waals surface area contributed by atoms with Gasteiger partial charge in [0, 0.05) is 6.54 Å². The summed E-state index contributed by atoms with van der Waals surface area (Å²) in [5, 5.41) is 32.2. The summed E-state index contributed by atoms with van der Waals surface area (Å²) < 4.78 is 6.94. The SMILES string of the molecule is CCNc1nc(Cl)nc2c1ncn2[C@@H]1O[C@H](CO)[C@@H](O)[C@H]1O. The van der Waals surface area contributed by atoms with Crippen LogP contribution < -0.4 is 5.32 Å². The van der Waals surface area contributed by atoms with Crippen molar-refractivity contribution in [1.82, 2.24) is 19.5 Å². The zero-order valence-corrected chi connectivity index (χ0v) is 12.5. The summed E-state index contributed by atoms with van der Waals surface area (Å²) in [6.07, 6.45) is -2.78. The van der Waals surface area contributed by atoms with Crippen LogP contribution in [0.25, 0.3) is 11.2 Å². The van der Waals surface area contributed by atoms with Gasteiger partial charge >= 0.3 is 0 Å². The molecule has 0 bridgehead atoms. The molecule has 0 saturated carbocycles. The van der Waals surface area contributed by atoms with Crippen LogP contribution in [-0.4, -0.2) is 66.3 Å². The fourth-order valence-corrected chi connectivity index (χ4v) is 2.64. The zero-order chi connectivity index (χ0) is 15.9. The molecule has 2 aromatic heterocycles. The van der Waals surface area contributed by atoms with Gasteiger partial charge in [0.1, 0.15) is 18.3 Å². The molecule has 10 heteroatoms. The Labute approximate surface area is 130 Å². The molecule has 120 valence electrons. The number of hydrogen-bond donors (Lipinski definition) is 4. The van der Waals surface area contributed by atoms with Gasteiger partial charge < -0.3 is 25.4 Å². The number of halogens is 1. The van der Waals surface area contributed by atoms with E-state index in [2.05, 4.69) is 20.3 Å². The Hall–Kier alpha value is -1.52. The Morgan fingerprint density at radius 2 is 2.14 bits per heavy atom. The van der Waals surface area contributed by atoms with Gasteiger partial charge in [-0.3, -0.25) is 4.57 Å². The fraction of sp³-hybridized carbons (Fsp3) is 0.583. The Morgan fingerprint density at radius 1 is 1.36 bits per heavy atom. The minimum atomic E-state index is -1.22. The molecule has 0 unspecified atom stereocenters. The normalized spacial score (nSPS) is 28.4. The molecule has 4 atom stereocenters. The fourth-order valence-electron chi connectivity index (χ4n) is 2.48. The zero-order valence-electron chi connectivity index (χ0n) is 11.7. The van der Waals surface area contributed by atoms with Crippen LogP contribution in [-0.2, 0) is 4.74 Å². The highest BCUT2D eigenvalue weighted by molar-refractivity contribution is 6.28. The van der Waals surface area contributed by atoms with Crippen LogP contribution in [0, 0.1) is 0 Å². The highest BCUT2D eigenvalue weighted by atomic mass is 35.5. The van der Waals surface area contributed by atoms with Crippen LogP contribution in [0.3, 0.4) is 0 Å². The molecule has 0 radical (unpaired) electrons. The minimum Gasteiger partial charge on any atom is -0.394 e. The third-order valence-corrected chi connectivity index (χ3v) is 3.70. The van der Waals surface area contributed by atoms with Crippen molar-refractivity contribution in [2.24, 2.45) is 0 Å². The van der Waals surface area contributed by atoms with E-state index in [1.54, 1.807) is 0 Å². The molecule has 9 nitrogen and oxygen atoms in total. The van der Waals surface area contributed by atoms with E-state index in [4.69, 9.17) is 21.4 Å². The topological polar surface area (TPSA) is 126 Å². The van der Waals surface area contributed by atoms with Crippen molar-refractivity contribution in [2.45, 2.75) is 31.5 Å². The second-order valence-electron chi connectivity index (χ2n) is 4.92. The molecule has 1 aliphatic rings. The maximum atomic E-state index is 10.1. The smallest absolute Gasteiger partial charge is 0.226 e. The summed E-state index contributed by atoms with van der Waals surface area (Å²) in [6, 6.07) is 0. The van der Waals surface area contributed by atoms with Crippen molar-refractivity contribution in [3.8, 4) is 0 Å². The monoisotopic (exact) mass is 329 g/mol. The molecule has 2 aromatic rings. The number of aliphatic hydroxyl groups is 3. The van der Waals surface area contributed by atoms with Crippen LogP contribution in [0.5, 0.6) is 0 Å². The Bertz CT molecular complexity index is 681. The van der Waals surface area contributed by atoms with Crippen LogP contribution in [0.4, 0.5) is 5.82 Å². The third-order valence-electron chi connectivity index (χ3n) is 3.53. The van der Waals surface area contributed by atoms with E-state index in [1.165, 1.54) is 10.9 Å². The molecule has 1 aliphatic heterocycles. The van der Waals surface area contributed by atoms with Crippen LogP contribution in [0.1, 0.15) is 13.2 Å². The number of fused-ring (bicyclic) bond motifs is 1. The highest BCUT2D eigenvalue weighted by Gasteiger charge is 2.44. The van der Waals surface area contributed by atoms with Gasteiger partial charge in [-0.1, -0.05) is 0 Å². The lowest BCUT2D eigenvalue weighted by Crippen LogP contribution is -2.33. The first-order valence-corrected chi connectivity index (χ1v) is 7.21. The molecule has 1 fully saturated rings. The number of hydrogen-bond acceptors (Lipinski definition) is 8. The number of aliphatic hydroxyl groups excluding tert-OH is 3. The average Bonchev–Trinajstić information content (AvgIpc) is 3.02. The van der Waals surface area contributed by atoms with E-state index in [0.29, 0.717) is 23.5 Å². The number of imidazole rings is 1. The quantitative estimate of drug-likeness (QED) is 0.554. The lowest BCUT2D eigenvalue weighted by Gasteiger charge is -2.16. The van der Waals surface area contributed by atoms with E-state index < -0.39 is 31.1 Å². The third kappa shape index (κ3) is 2.40. The van der Waals surface area contributed by atoms with Crippen molar-refractivity contribution in [3.63, 3.8) is 0 Å². The number of nitrogens with one attached hydrogen (secondary N) is 1. The van der Waals surface area contributed by atoms with Crippen LogP contribution >= 0.6 is 11.6 Å². The van der Waals surface area contributed by atoms with Gasteiger partial charge in [0.05, 0.1) is 12.9 Å². The van der Waals surface area contributed by atoms with Crippen molar-refractivity contribution in [3.05, 3.63) is 11.6 Å². The van der Waals surface area contributed by atoms with Crippen LogP contribution in [0.15, 0.2) is 6.33 Å². The standard InChI is InChI=1S/C12H16ClN5O4/c1-2-14-9-6-10(17-12(13)16-9)18(4-15-6)11-8(21)7(20)5(3-19)22-11/h4-5,7-8,11,19-21H,2-3H2,1H3,(H,14,16,17)/t5-,7-,8-,11-/m1/s1. The second-order valence-corrected chi connectivity index (χ2v) is 5.26. The van der Waals surface area contributed by atoms with E-state index in [-0.39, 0.29) is 5.28 Å². The van der Waals surface area contributed by atoms with Gasteiger partial charge in [-0.2, -0.15) is 9.97 Å². The molecular formula is C12H16ClN5O4. The van der Waals surface area contributed by atoms with Crippen molar-refractivity contribution >= 4 is 28.6 Å². The van der Waals surface area contributed by atoms with Crippen molar-refractivity contribution in [2.75, 3.05) is 18.5 Å². The molecule has 0 aromatic carbocycles. The van der Waals surface area contributed by atoms with Gasteiger partial charge in [0.15, 0.2) is 23.2 Å². The molecule has 0 spiro atoms. The molecule has 0 amide bonds. The van der Waals surface area contributed by atoms with Gasteiger partial charge in [0.25, 0.3) is 0 Å². The summed E-state index contributed by atoms with van der Waals surface area (Å²) in [5.74, 6) is 0.475. The first-order valence-electron chi connectivity index (χ1n) is 6.83. The van der Waals surface area contributed by atoms with Crippen LogP contribution in [0.2, 0.25) is 5.28 Å². The van der Waals surface area contributed by atoms with Gasteiger partial charge in [-0.05, 0) is 18.5 Å². The number of nitrogens with zero attached hydrogens (tertiary/aromatic N) is 4. The maximum Gasteiger partial charge on any atom is 0.226 e. The van der Waals surface area contributed by atoms with E-state index in [0.717, 1.165) is 0 Å². The lowest BCUT2D eigenvalue weighted by molar-refractivity contribution is -0.0511. The van der Waals surface area contributed by atoms with Crippen molar-refractivity contribution < 1.29 is 20.1 Å². The van der Waals surface area contributed by atoms with E-state index in [1.807, 2.05) is 6.92 Å². The highest BCUT2D eigenvalue weighted by Crippen LogP contribution is 2.32. The summed E-state index contributed by atoms with van der Waals surface area (Å²) in [5.41, 5.74) is 0.842. The second kappa shape index (κ2) is 5.94. The number of aromatic nitrogens is 4. The van der Waals surface area contributed by atoms with E-state index in [9.17, 15) is 10.2 Å². The maximum absolute atomic E-state index is 10.1. The minimum absolute atomic E-state index is 0.0249. The first kappa shape index (κ1) is 15.4. The van der Waals surface area contributed by atoms with Gasteiger partial charge in [-0.25, -0.2) is 4.98 Å². The predicted molar refractivity (Wildman–Crippen MR) is 77.5 cm³/mol. The predicted octanol–water partition coefficient (Wildman–Crippen LogP) is -0.477. The Morgan fingerprint density at radius 3 is 2.77 bits per heavy atom. The summed E-state index contributed by atoms with van der Waals surface area (Å²) in [7, 11) is 0. The molecule has 4 N–H and O–H groups in total. The first-order chi connectivity index (χ1) is 10.6. The summed E-state index contributed by atoms with van der Waals surface area (Å²) in [6.45, 7) is 2.13. The number of rotatable bonds is 4. The number of anilines is 1. The molecule has 22 heavy (non-hydrogen) atoms. The molecule has 0 aliphatic carbocycles. The molecule has 3 rings (SSSR count). The van der Waals surface area contributed by atoms with Gasteiger partial charge in [-0.15, -0.1) is 0 Å². The average molecular weight is 330 g/mol. The van der Waals surface area contributed by atoms with E-state index >= 15 is 0 Å². The Balaban J connectivity index is 2.05. The summed E-state index contributed by atoms with van der Waals surface area (Å²) >= 11 is 5.92. The molecule has 3 heterocycles. The largest absolute Gasteiger partial charge is 0.394 e. The van der Waals surface area contributed by atoms with Gasteiger partial charge in [0.2, 0.25) is 5.28 Å². The summed E-state index contributed by atoms with van der Waals surface area (Å²) in [4.78, 5) is 12.4. The molecule has 1 saturated heterocycles. The number of ether oxygens (including phenoxy) is 1. The Kier molecular flexibility index (Phi) is 4.15. The molecular weight excluding hydrogens is 314 g/mol.